The number of carbonyl (C=O) groups excluding carboxylic acids is 2. The van der Waals surface area contributed by atoms with Crippen molar-refractivity contribution in [3.63, 3.8) is 0 Å². The van der Waals surface area contributed by atoms with Crippen LogP contribution in [0.1, 0.15) is 42.4 Å². The van der Waals surface area contributed by atoms with Gasteiger partial charge in [0.05, 0.1) is 36.3 Å². The number of hydrogen-bond acceptors (Lipinski definition) is 9. The van der Waals surface area contributed by atoms with E-state index in [2.05, 4.69) is 20.3 Å². The molecule has 0 bridgehead atoms. The van der Waals surface area contributed by atoms with Gasteiger partial charge in [-0.3, -0.25) is 4.79 Å². The van der Waals surface area contributed by atoms with E-state index in [4.69, 9.17) is 15.2 Å². The Bertz CT molecular complexity index is 1300. The molecule has 2 aliphatic heterocycles. The van der Waals surface area contributed by atoms with Crippen LogP contribution in [0.25, 0.3) is 10.8 Å². The Labute approximate surface area is 196 Å². The van der Waals surface area contributed by atoms with Gasteiger partial charge in [0.2, 0.25) is 11.8 Å². The molecule has 3 aromatic rings. The van der Waals surface area contributed by atoms with Gasteiger partial charge in [0.15, 0.2) is 0 Å². The van der Waals surface area contributed by atoms with Gasteiger partial charge in [-0.15, -0.1) is 0 Å². The summed E-state index contributed by atoms with van der Waals surface area (Å²) in [7, 11) is 0. The average molecular weight is 463 g/mol. The maximum atomic E-state index is 11.9. The van der Waals surface area contributed by atoms with E-state index in [0.717, 1.165) is 16.3 Å². The van der Waals surface area contributed by atoms with Gasteiger partial charge in [0, 0.05) is 31.3 Å². The fourth-order valence-electron chi connectivity index (χ4n) is 4.11. The topological polar surface area (TPSA) is 133 Å². The van der Waals surface area contributed by atoms with Gasteiger partial charge in [-0.05, 0) is 43.0 Å². The molecule has 10 heteroatoms. The lowest BCUT2D eigenvalue weighted by Crippen LogP contribution is -2.55. The van der Waals surface area contributed by atoms with Crippen LogP contribution in [0.3, 0.4) is 0 Å². The van der Waals surface area contributed by atoms with Crippen LogP contribution in [0.5, 0.6) is 5.88 Å². The standard InChI is InChI=1S/C24H26N6O4/c1-13(31)30-11-14(12-30)34-22-17-9-26-21(8-16(17)18(10-27-22)24(2,3)25)29-20-5-4-15-19(28-20)6-7-33-23(15)32/h4-5,8-10,14H,6-7,11-12,25H2,1-3H3,(H,26,28,29). The van der Waals surface area contributed by atoms with Crippen molar-refractivity contribution in [2.45, 2.75) is 38.8 Å². The van der Waals surface area contributed by atoms with Crippen molar-refractivity contribution in [3.8, 4) is 5.88 Å². The normalized spacial score (nSPS) is 16.0. The number of ether oxygens (including phenoxy) is 2. The summed E-state index contributed by atoms with van der Waals surface area (Å²) in [6, 6.07) is 5.33. The van der Waals surface area contributed by atoms with Gasteiger partial charge in [-0.25, -0.2) is 19.7 Å². The number of carbonyl (C=O) groups is 2. The van der Waals surface area contributed by atoms with Crippen molar-refractivity contribution < 1.29 is 19.1 Å². The largest absolute Gasteiger partial charge is 0.470 e. The number of cyclic esters (lactones) is 1. The SMILES string of the molecule is CC(=O)N1CC(Oc2ncc(C(C)(C)N)c3cc(Nc4ccc5c(n4)CCOC5=O)ncc23)C1. The average Bonchev–Trinajstić information content (AvgIpc) is 2.74. The number of anilines is 2. The Morgan fingerprint density at radius 2 is 2.00 bits per heavy atom. The van der Waals surface area contributed by atoms with E-state index < -0.39 is 5.54 Å². The Morgan fingerprint density at radius 1 is 1.21 bits per heavy atom. The second-order valence-electron chi connectivity index (χ2n) is 9.18. The summed E-state index contributed by atoms with van der Waals surface area (Å²) in [5.41, 5.74) is 7.82. The summed E-state index contributed by atoms with van der Waals surface area (Å²) in [6.07, 6.45) is 3.89. The van der Waals surface area contributed by atoms with E-state index in [1.807, 2.05) is 19.9 Å². The molecule has 0 atom stereocenters. The minimum atomic E-state index is -0.644. The summed E-state index contributed by atoms with van der Waals surface area (Å²) >= 11 is 0. The summed E-state index contributed by atoms with van der Waals surface area (Å²) in [5.74, 6) is 1.30. The molecule has 10 nitrogen and oxygen atoms in total. The molecule has 0 aliphatic carbocycles. The number of esters is 1. The van der Waals surface area contributed by atoms with Crippen LogP contribution >= 0.6 is 0 Å². The van der Waals surface area contributed by atoms with Gasteiger partial charge in [0.25, 0.3) is 0 Å². The van der Waals surface area contributed by atoms with Crippen LogP contribution < -0.4 is 15.8 Å². The fraction of sp³-hybridized carbons (Fsp3) is 0.375. The van der Waals surface area contributed by atoms with Crippen molar-refractivity contribution in [1.29, 1.82) is 0 Å². The van der Waals surface area contributed by atoms with Crippen molar-refractivity contribution >= 4 is 34.3 Å². The number of hydrogen-bond donors (Lipinski definition) is 2. The van der Waals surface area contributed by atoms with E-state index in [1.165, 1.54) is 0 Å². The minimum Gasteiger partial charge on any atom is -0.470 e. The number of amides is 1. The van der Waals surface area contributed by atoms with Gasteiger partial charge in [-0.1, -0.05) is 0 Å². The number of nitrogens with one attached hydrogen (secondary N) is 1. The predicted octanol–water partition coefficient (Wildman–Crippen LogP) is 2.28. The fourth-order valence-corrected chi connectivity index (χ4v) is 4.11. The lowest BCUT2D eigenvalue weighted by Gasteiger charge is -2.38. The molecule has 1 fully saturated rings. The van der Waals surface area contributed by atoms with Gasteiger partial charge < -0.3 is 25.4 Å². The number of likely N-dealkylation sites (tertiary alicyclic amines) is 1. The second-order valence-corrected chi connectivity index (χ2v) is 9.18. The maximum absolute atomic E-state index is 11.9. The highest BCUT2D eigenvalue weighted by Crippen LogP contribution is 2.34. The molecule has 1 saturated heterocycles. The van der Waals surface area contributed by atoms with Crippen LogP contribution in [0.2, 0.25) is 0 Å². The molecule has 1 amide bonds. The number of nitrogens with zero attached hydrogens (tertiary/aromatic N) is 4. The van der Waals surface area contributed by atoms with E-state index in [9.17, 15) is 9.59 Å². The third kappa shape index (κ3) is 4.12. The molecule has 0 spiro atoms. The van der Waals surface area contributed by atoms with Crippen molar-refractivity contribution in [2.75, 3.05) is 25.0 Å². The van der Waals surface area contributed by atoms with Crippen LogP contribution in [0.4, 0.5) is 11.6 Å². The molecular weight excluding hydrogens is 436 g/mol. The molecule has 3 N–H and O–H groups in total. The molecule has 0 radical (unpaired) electrons. The summed E-state index contributed by atoms with van der Waals surface area (Å²) < 4.78 is 11.1. The Morgan fingerprint density at radius 3 is 2.74 bits per heavy atom. The lowest BCUT2D eigenvalue weighted by molar-refractivity contribution is -0.137. The van der Waals surface area contributed by atoms with Crippen molar-refractivity contribution in [1.82, 2.24) is 19.9 Å². The zero-order valence-electron chi connectivity index (χ0n) is 19.3. The Balaban J connectivity index is 1.46. The molecule has 0 unspecified atom stereocenters. The second kappa shape index (κ2) is 8.21. The number of aromatic nitrogens is 3. The molecule has 3 aromatic heterocycles. The third-order valence-electron chi connectivity index (χ3n) is 6.02. The first-order valence-corrected chi connectivity index (χ1v) is 11.1. The lowest BCUT2D eigenvalue weighted by atomic mass is 9.93. The number of nitrogens with two attached hydrogens (primary N) is 1. The zero-order chi connectivity index (χ0) is 24.0. The van der Waals surface area contributed by atoms with E-state index in [-0.39, 0.29) is 18.0 Å². The summed E-state index contributed by atoms with van der Waals surface area (Å²) in [6.45, 7) is 6.77. The zero-order valence-corrected chi connectivity index (χ0v) is 19.3. The molecule has 176 valence electrons. The summed E-state index contributed by atoms with van der Waals surface area (Å²) in [5, 5.41) is 4.82. The highest BCUT2D eigenvalue weighted by molar-refractivity contribution is 5.93. The number of pyridine rings is 3. The maximum Gasteiger partial charge on any atom is 0.340 e. The predicted molar refractivity (Wildman–Crippen MR) is 125 cm³/mol. The van der Waals surface area contributed by atoms with Crippen LogP contribution in [-0.2, 0) is 21.5 Å². The number of fused-ring (bicyclic) bond motifs is 2. The minimum absolute atomic E-state index is 0.0305. The Hall–Kier alpha value is -3.79. The smallest absolute Gasteiger partial charge is 0.340 e. The van der Waals surface area contributed by atoms with E-state index >= 15 is 0 Å². The van der Waals surface area contributed by atoms with E-state index in [1.54, 1.807) is 36.4 Å². The Kier molecular flexibility index (Phi) is 5.32. The molecular formula is C24H26N6O4. The van der Waals surface area contributed by atoms with Crippen molar-refractivity contribution in [3.05, 3.63) is 47.4 Å². The van der Waals surface area contributed by atoms with Gasteiger partial charge >= 0.3 is 5.97 Å². The third-order valence-corrected chi connectivity index (χ3v) is 6.02. The highest BCUT2D eigenvalue weighted by Gasteiger charge is 2.31. The van der Waals surface area contributed by atoms with Gasteiger partial charge in [-0.2, -0.15) is 0 Å². The van der Waals surface area contributed by atoms with Crippen molar-refractivity contribution in [2.24, 2.45) is 5.73 Å². The molecule has 34 heavy (non-hydrogen) atoms. The molecule has 5 rings (SSSR count). The summed E-state index contributed by atoms with van der Waals surface area (Å²) in [4.78, 5) is 38.7. The van der Waals surface area contributed by atoms with Crippen LogP contribution in [0.15, 0.2) is 30.6 Å². The first-order chi connectivity index (χ1) is 16.2. The molecule has 0 saturated carbocycles. The number of rotatable bonds is 5. The van der Waals surface area contributed by atoms with Gasteiger partial charge in [0.1, 0.15) is 17.7 Å². The first kappa shape index (κ1) is 22.0. The van der Waals surface area contributed by atoms with E-state index in [0.29, 0.717) is 54.9 Å². The quantitative estimate of drug-likeness (QED) is 0.548. The molecule has 2 aliphatic rings. The first-order valence-electron chi connectivity index (χ1n) is 11.1. The molecule has 0 aromatic carbocycles. The van der Waals surface area contributed by atoms with Crippen LogP contribution in [0, 0.1) is 0 Å². The van der Waals surface area contributed by atoms with Crippen LogP contribution in [-0.4, -0.2) is 57.5 Å². The molecule has 5 heterocycles. The monoisotopic (exact) mass is 462 g/mol. The highest BCUT2D eigenvalue weighted by atomic mass is 16.5.